The third-order valence-corrected chi connectivity index (χ3v) is 4.84. The van der Waals surface area contributed by atoms with Crippen molar-refractivity contribution in [3.05, 3.63) is 34.3 Å². The first-order valence-electron chi connectivity index (χ1n) is 7.92. The molecule has 22 heavy (non-hydrogen) atoms. The topological polar surface area (TPSA) is 32.3 Å². The molecule has 5 heteroatoms. The molecule has 3 rings (SSSR count). The van der Waals surface area contributed by atoms with E-state index in [0.717, 1.165) is 49.5 Å². The van der Waals surface area contributed by atoms with Crippen LogP contribution >= 0.6 is 24.0 Å². The van der Waals surface area contributed by atoms with E-state index in [2.05, 4.69) is 5.32 Å². The summed E-state index contributed by atoms with van der Waals surface area (Å²) in [6.45, 7) is 4.81. The third kappa shape index (κ3) is 4.37. The molecule has 0 spiro atoms. The standard InChI is InChI=1S/C17H23ClN2O.ClH/c1-12-2-5-14(18)10-16(12)17(21)20-8-6-15(7-9-20)19-11-13-3-4-13;/h2,5,10,13,15,19H,3-4,6-9,11H2,1H3;1H. The number of benzene rings is 1. The van der Waals surface area contributed by atoms with Crippen LogP contribution in [0.4, 0.5) is 0 Å². The zero-order valence-electron chi connectivity index (χ0n) is 13.0. The first kappa shape index (κ1) is 17.6. The fraction of sp³-hybridized carbons (Fsp3) is 0.588. The number of carbonyl (C=O) groups is 1. The number of carbonyl (C=O) groups excluding carboxylic acids is 1. The van der Waals surface area contributed by atoms with Crippen LogP contribution in [0.3, 0.4) is 0 Å². The Labute approximate surface area is 143 Å². The minimum Gasteiger partial charge on any atom is -0.339 e. The highest BCUT2D eigenvalue weighted by molar-refractivity contribution is 6.31. The van der Waals surface area contributed by atoms with Gasteiger partial charge in [-0.3, -0.25) is 4.79 Å². The van der Waals surface area contributed by atoms with Gasteiger partial charge in [-0.15, -0.1) is 12.4 Å². The third-order valence-electron chi connectivity index (χ3n) is 4.60. The number of hydrogen-bond donors (Lipinski definition) is 1. The second-order valence-electron chi connectivity index (χ2n) is 6.38. The van der Waals surface area contributed by atoms with Crippen molar-refractivity contribution in [1.82, 2.24) is 10.2 Å². The maximum atomic E-state index is 12.6. The maximum absolute atomic E-state index is 12.6. The number of halogens is 2. The molecule has 1 aromatic rings. The van der Waals surface area contributed by atoms with E-state index < -0.39 is 0 Å². The molecule has 0 aromatic heterocycles. The van der Waals surface area contributed by atoms with Gasteiger partial charge >= 0.3 is 0 Å². The van der Waals surface area contributed by atoms with E-state index in [1.165, 1.54) is 12.8 Å². The number of piperidine rings is 1. The van der Waals surface area contributed by atoms with Gasteiger partial charge in [-0.05, 0) is 62.8 Å². The lowest BCUT2D eigenvalue weighted by molar-refractivity contribution is 0.0704. The molecule has 1 aliphatic heterocycles. The van der Waals surface area contributed by atoms with Crippen LogP contribution < -0.4 is 5.32 Å². The Balaban J connectivity index is 0.00000176. The predicted octanol–water partition coefficient (Wildman–Crippen LogP) is 3.67. The van der Waals surface area contributed by atoms with Gasteiger partial charge in [-0.2, -0.15) is 0 Å². The van der Waals surface area contributed by atoms with Gasteiger partial charge in [0.25, 0.3) is 5.91 Å². The highest BCUT2D eigenvalue weighted by atomic mass is 35.5. The van der Waals surface area contributed by atoms with Crippen LogP contribution in [0.5, 0.6) is 0 Å². The Morgan fingerprint density at radius 1 is 1.27 bits per heavy atom. The average Bonchev–Trinajstić information content (AvgIpc) is 3.32. The van der Waals surface area contributed by atoms with E-state index in [1.54, 1.807) is 6.07 Å². The summed E-state index contributed by atoms with van der Waals surface area (Å²) < 4.78 is 0. The first-order valence-corrected chi connectivity index (χ1v) is 8.30. The van der Waals surface area contributed by atoms with Crippen LogP contribution in [0.2, 0.25) is 5.02 Å². The van der Waals surface area contributed by atoms with Crippen LogP contribution in [0.25, 0.3) is 0 Å². The molecular formula is C17H24Cl2N2O. The number of nitrogens with one attached hydrogen (secondary N) is 1. The average molecular weight is 343 g/mol. The van der Waals surface area contributed by atoms with E-state index in [9.17, 15) is 4.79 Å². The lowest BCUT2D eigenvalue weighted by atomic mass is 10.0. The predicted molar refractivity (Wildman–Crippen MR) is 93.1 cm³/mol. The molecule has 122 valence electrons. The molecule has 1 saturated carbocycles. The van der Waals surface area contributed by atoms with Gasteiger partial charge in [0, 0.05) is 29.7 Å². The summed E-state index contributed by atoms with van der Waals surface area (Å²) in [5.74, 6) is 1.04. The Morgan fingerprint density at radius 2 is 1.95 bits per heavy atom. The molecule has 3 nitrogen and oxygen atoms in total. The largest absolute Gasteiger partial charge is 0.339 e. The number of likely N-dealkylation sites (tertiary alicyclic amines) is 1. The van der Waals surface area contributed by atoms with Crippen molar-refractivity contribution >= 4 is 29.9 Å². The Hall–Kier alpha value is -0.770. The van der Waals surface area contributed by atoms with Crippen molar-refractivity contribution in [1.29, 1.82) is 0 Å². The molecule has 1 heterocycles. The minimum atomic E-state index is 0. The van der Waals surface area contributed by atoms with E-state index in [4.69, 9.17) is 11.6 Å². The monoisotopic (exact) mass is 342 g/mol. The molecule has 1 N–H and O–H groups in total. The number of aryl methyl sites for hydroxylation is 1. The van der Waals surface area contributed by atoms with Gasteiger partial charge in [0.15, 0.2) is 0 Å². The van der Waals surface area contributed by atoms with Crippen molar-refractivity contribution < 1.29 is 4.79 Å². The van der Waals surface area contributed by atoms with Crippen molar-refractivity contribution in [2.24, 2.45) is 5.92 Å². The molecule has 2 fully saturated rings. The summed E-state index contributed by atoms with van der Waals surface area (Å²) in [5.41, 5.74) is 1.74. The quantitative estimate of drug-likeness (QED) is 0.905. The van der Waals surface area contributed by atoms with Crippen LogP contribution in [0, 0.1) is 12.8 Å². The van der Waals surface area contributed by atoms with E-state index in [-0.39, 0.29) is 18.3 Å². The molecule has 1 aliphatic carbocycles. The second-order valence-corrected chi connectivity index (χ2v) is 6.81. The van der Waals surface area contributed by atoms with E-state index in [0.29, 0.717) is 11.1 Å². The highest BCUT2D eigenvalue weighted by Gasteiger charge is 2.26. The zero-order valence-corrected chi connectivity index (χ0v) is 14.6. The molecule has 0 atom stereocenters. The number of rotatable bonds is 4. The van der Waals surface area contributed by atoms with Gasteiger partial charge in [0.05, 0.1) is 0 Å². The van der Waals surface area contributed by atoms with Gasteiger partial charge in [0.2, 0.25) is 0 Å². The Bertz CT molecular complexity index is 523. The van der Waals surface area contributed by atoms with Gasteiger partial charge in [-0.1, -0.05) is 17.7 Å². The number of nitrogens with zero attached hydrogens (tertiary/aromatic N) is 1. The molecule has 1 aromatic carbocycles. The van der Waals surface area contributed by atoms with Crippen molar-refractivity contribution in [2.45, 2.75) is 38.6 Å². The summed E-state index contributed by atoms with van der Waals surface area (Å²) >= 11 is 6.02. The van der Waals surface area contributed by atoms with Crippen molar-refractivity contribution in [2.75, 3.05) is 19.6 Å². The van der Waals surface area contributed by atoms with Crippen LogP contribution in [-0.4, -0.2) is 36.5 Å². The molecule has 2 aliphatic rings. The van der Waals surface area contributed by atoms with Gasteiger partial charge < -0.3 is 10.2 Å². The fourth-order valence-corrected chi connectivity index (χ4v) is 3.11. The molecule has 0 unspecified atom stereocenters. The summed E-state index contributed by atoms with van der Waals surface area (Å²) in [7, 11) is 0. The summed E-state index contributed by atoms with van der Waals surface area (Å²) in [5, 5.41) is 4.27. The maximum Gasteiger partial charge on any atom is 0.254 e. The fourth-order valence-electron chi connectivity index (χ4n) is 2.94. The van der Waals surface area contributed by atoms with Crippen molar-refractivity contribution in [3.8, 4) is 0 Å². The first-order chi connectivity index (χ1) is 10.1. The second kappa shape index (κ2) is 7.67. The Kier molecular flexibility index (Phi) is 6.13. The molecule has 0 radical (unpaired) electrons. The molecule has 0 bridgehead atoms. The van der Waals surface area contributed by atoms with E-state index in [1.807, 2.05) is 24.0 Å². The van der Waals surface area contributed by atoms with Crippen molar-refractivity contribution in [3.63, 3.8) is 0 Å². The van der Waals surface area contributed by atoms with Crippen LogP contribution in [0.1, 0.15) is 41.6 Å². The van der Waals surface area contributed by atoms with Gasteiger partial charge in [-0.25, -0.2) is 0 Å². The lowest BCUT2D eigenvalue weighted by Crippen LogP contribution is -2.45. The van der Waals surface area contributed by atoms with Gasteiger partial charge in [0.1, 0.15) is 0 Å². The smallest absolute Gasteiger partial charge is 0.254 e. The zero-order chi connectivity index (χ0) is 14.8. The summed E-state index contributed by atoms with van der Waals surface area (Å²) in [4.78, 5) is 14.6. The summed E-state index contributed by atoms with van der Waals surface area (Å²) in [6.07, 6.45) is 4.88. The SMILES string of the molecule is Cc1ccc(Cl)cc1C(=O)N1CCC(NCC2CC2)CC1.Cl. The van der Waals surface area contributed by atoms with E-state index >= 15 is 0 Å². The minimum absolute atomic E-state index is 0. The number of hydrogen-bond acceptors (Lipinski definition) is 2. The lowest BCUT2D eigenvalue weighted by Gasteiger charge is -2.33. The highest BCUT2D eigenvalue weighted by Crippen LogP contribution is 2.28. The molecule has 1 amide bonds. The molecular weight excluding hydrogens is 319 g/mol. The normalized spacial score (nSPS) is 18.9. The van der Waals surface area contributed by atoms with Crippen LogP contribution in [-0.2, 0) is 0 Å². The summed E-state index contributed by atoms with van der Waals surface area (Å²) in [6, 6.07) is 6.12. The number of amides is 1. The molecule has 1 saturated heterocycles. The van der Waals surface area contributed by atoms with Crippen LogP contribution in [0.15, 0.2) is 18.2 Å². The Morgan fingerprint density at radius 3 is 2.59 bits per heavy atom.